The number of benzene rings is 2. The van der Waals surface area contributed by atoms with Gasteiger partial charge in [0, 0.05) is 17.0 Å². The number of carboxylic acids is 1. The first-order chi connectivity index (χ1) is 22.5. The Balaban J connectivity index is 0.000000804. The highest BCUT2D eigenvalue weighted by Gasteiger charge is 2.41. The van der Waals surface area contributed by atoms with Gasteiger partial charge in [0.25, 0.3) is 0 Å². The smallest absolute Gasteiger partial charge is 0.430 e. The van der Waals surface area contributed by atoms with Crippen molar-refractivity contribution < 1.29 is 51.8 Å². The fourth-order valence-corrected chi connectivity index (χ4v) is 6.36. The second-order valence-electron chi connectivity index (χ2n) is 11.4. The number of esters is 1. The molecule has 1 aliphatic heterocycles. The number of carboxylic acid groups (broad SMARTS) is 1. The van der Waals surface area contributed by atoms with E-state index in [4.69, 9.17) is 32.0 Å². The highest BCUT2D eigenvalue weighted by molar-refractivity contribution is 7.18. The van der Waals surface area contributed by atoms with Crippen LogP contribution >= 0.6 is 22.9 Å². The van der Waals surface area contributed by atoms with Gasteiger partial charge in [0.2, 0.25) is 5.91 Å². The van der Waals surface area contributed by atoms with E-state index in [1.165, 1.54) is 0 Å². The number of nitrogens with one attached hydrogen (secondary N) is 1. The minimum atomic E-state index is -5.19. The van der Waals surface area contributed by atoms with Crippen molar-refractivity contribution in [1.29, 1.82) is 0 Å². The van der Waals surface area contributed by atoms with Crippen molar-refractivity contribution in [2.45, 2.75) is 51.0 Å². The number of carbonyl (C=O) groups is 4. The van der Waals surface area contributed by atoms with Gasteiger partial charge in [-0.05, 0) is 61.7 Å². The molecule has 1 aliphatic rings. The summed E-state index contributed by atoms with van der Waals surface area (Å²) in [5, 5.41) is 22.5. The highest BCUT2D eigenvalue weighted by atomic mass is 35.5. The maximum Gasteiger partial charge on any atom is 0.430 e. The van der Waals surface area contributed by atoms with E-state index in [-0.39, 0.29) is 24.8 Å². The number of phenols is 1. The summed E-state index contributed by atoms with van der Waals surface area (Å²) in [5.41, 5.74) is 7.85. The molecule has 48 heavy (non-hydrogen) atoms. The van der Waals surface area contributed by atoms with Crippen LogP contribution in [0, 0.1) is 0 Å². The van der Waals surface area contributed by atoms with E-state index in [1.54, 1.807) is 48.2 Å². The Hall–Kier alpha value is -4.34. The molecule has 4 rings (SSSR count). The lowest BCUT2D eigenvalue weighted by Crippen LogP contribution is -2.62. The molecule has 1 saturated heterocycles. The molecule has 3 atom stereocenters. The Morgan fingerprint density at radius 1 is 1.10 bits per heavy atom. The van der Waals surface area contributed by atoms with Crippen molar-refractivity contribution >= 4 is 51.8 Å². The summed E-state index contributed by atoms with van der Waals surface area (Å²) in [7, 11) is 2.15. The Bertz CT molecular complexity index is 1570. The number of likely N-dealkylation sites (tertiary alicyclic amines) is 1. The van der Waals surface area contributed by atoms with Crippen molar-refractivity contribution in [3.05, 3.63) is 81.7 Å². The summed E-state index contributed by atoms with van der Waals surface area (Å²) in [6, 6.07) is 15.9. The molecule has 1 unspecified atom stereocenters. The number of thiophene rings is 1. The molecule has 3 aromatic rings. The number of aliphatic carboxylic acids is 1. The number of anilines is 1. The minimum Gasteiger partial charge on any atom is -0.542 e. The lowest BCUT2D eigenvalue weighted by molar-refractivity contribution is -0.928. The van der Waals surface area contributed by atoms with Crippen LogP contribution in [0.3, 0.4) is 0 Å². The molecule has 4 N–H and O–H groups in total. The summed E-state index contributed by atoms with van der Waals surface area (Å²) in [6.45, 7) is 4.26. The normalized spacial score (nSPS) is 18.1. The first-order valence-electron chi connectivity index (χ1n) is 14.8. The topological polar surface area (TPSA) is 162 Å². The molecule has 0 saturated carbocycles. The summed E-state index contributed by atoms with van der Waals surface area (Å²) in [6.07, 6.45) is -3.44. The van der Waals surface area contributed by atoms with E-state index in [2.05, 4.69) is 12.4 Å². The van der Waals surface area contributed by atoms with Gasteiger partial charge in [-0.15, -0.1) is 11.3 Å². The van der Waals surface area contributed by atoms with Gasteiger partial charge in [-0.25, -0.2) is 9.59 Å². The quantitative estimate of drug-likeness (QED) is 0.208. The predicted molar refractivity (Wildman–Crippen MR) is 171 cm³/mol. The van der Waals surface area contributed by atoms with E-state index >= 15 is 0 Å². The number of piperidine rings is 1. The van der Waals surface area contributed by atoms with Crippen LogP contribution < -0.4 is 16.2 Å². The Labute approximate surface area is 284 Å². The van der Waals surface area contributed by atoms with E-state index in [0.717, 1.165) is 42.0 Å². The second kappa shape index (κ2) is 16.7. The van der Waals surface area contributed by atoms with Crippen LogP contribution in [0.1, 0.15) is 40.6 Å². The van der Waals surface area contributed by atoms with Crippen LogP contribution in [0.15, 0.2) is 60.7 Å². The van der Waals surface area contributed by atoms with Gasteiger partial charge in [-0.3, -0.25) is 10.1 Å². The average Bonchev–Trinajstić information content (AvgIpc) is 3.47. The maximum atomic E-state index is 13.9. The molecule has 11 nitrogen and oxygen atoms in total. The molecule has 3 amide bonds. The maximum absolute atomic E-state index is 13.9. The monoisotopic (exact) mass is 712 g/mol. The molecular weight excluding hydrogens is 677 g/mol. The third-order valence-electron chi connectivity index (χ3n) is 7.57. The summed E-state index contributed by atoms with van der Waals surface area (Å²) < 4.78 is 37.3. The molecule has 260 valence electrons. The molecule has 2 aromatic carbocycles. The number of primary amides is 1. The predicted octanol–water partition coefficient (Wildman–Crippen LogP) is 4.32. The van der Waals surface area contributed by atoms with Gasteiger partial charge >= 0.3 is 18.2 Å². The number of ether oxygens (including phenoxy) is 1. The van der Waals surface area contributed by atoms with Gasteiger partial charge in [0.15, 0.2) is 0 Å². The molecule has 0 radical (unpaired) electrons. The summed E-state index contributed by atoms with van der Waals surface area (Å²) >= 11 is 7.20. The van der Waals surface area contributed by atoms with Crippen molar-refractivity contribution in [2.24, 2.45) is 5.73 Å². The van der Waals surface area contributed by atoms with Crippen molar-refractivity contribution in [1.82, 2.24) is 4.90 Å². The Morgan fingerprint density at radius 2 is 1.71 bits per heavy atom. The molecule has 2 heterocycles. The molecule has 16 heteroatoms. The highest BCUT2D eigenvalue weighted by Crippen LogP contribution is 2.29. The molecule has 0 bridgehead atoms. The zero-order valence-electron chi connectivity index (χ0n) is 26.2. The van der Waals surface area contributed by atoms with Gasteiger partial charge in [-0.1, -0.05) is 35.9 Å². The van der Waals surface area contributed by atoms with Crippen molar-refractivity contribution in [3.8, 4) is 5.75 Å². The number of nitrogens with two attached hydrogens (primary N) is 1. The van der Waals surface area contributed by atoms with E-state index < -0.39 is 36.1 Å². The number of alkyl halides is 3. The number of urea groups is 1. The Kier molecular flexibility index (Phi) is 13.2. The first-order valence-corrected chi connectivity index (χ1v) is 16.0. The summed E-state index contributed by atoms with van der Waals surface area (Å²) in [4.78, 5) is 49.8. The van der Waals surface area contributed by atoms with Gasteiger partial charge < -0.3 is 34.9 Å². The number of likely N-dealkylation sites (N-methyl/N-ethyl adjacent to an activating group) is 1. The minimum absolute atomic E-state index is 0.108. The largest absolute Gasteiger partial charge is 0.542 e. The SMILES string of the molecule is CCOC(=O)c1ccc(NC(=O)N([C@@H]2CCC[N+](C)(Cc3ccc(Cl)cc3)C2)[C@@H](Cc2ccc(O)cc2)C(N)=O)s1.O=C([O-])C(F)(F)F. The van der Waals surface area contributed by atoms with Gasteiger partial charge in [-0.2, -0.15) is 13.2 Å². The van der Waals surface area contributed by atoms with E-state index in [0.29, 0.717) is 32.3 Å². The number of halogens is 4. The zero-order valence-corrected chi connectivity index (χ0v) is 27.7. The fourth-order valence-electron chi connectivity index (χ4n) is 5.44. The van der Waals surface area contributed by atoms with Crippen LogP contribution in [-0.2, 0) is 27.3 Å². The number of carbonyl (C=O) groups excluding carboxylic acids is 4. The number of rotatable bonds is 10. The van der Waals surface area contributed by atoms with Crippen LogP contribution in [0.5, 0.6) is 5.75 Å². The molecule has 1 fully saturated rings. The summed E-state index contributed by atoms with van der Waals surface area (Å²) in [5.74, 6) is -3.98. The lowest BCUT2D eigenvalue weighted by atomic mass is 9.96. The molecule has 0 spiro atoms. The lowest BCUT2D eigenvalue weighted by Gasteiger charge is -2.46. The van der Waals surface area contributed by atoms with Crippen LogP contribution in [0.2, 0.25) is 5.02 Å². The van der Waals surface area contributed by atoms with E-state index in [1.807, 2.05) is 24.3 Å². The molecule has 0 aliphatic carbocycles. The standard InChI is InChI=1S/C30H35ClN4O5S.C2HF3O2/c1-3-40-29(38)26-14-15-27(41-26)33-30(39)34(25(28(32)37)17-20-8-12-24(36)13-9-20)23-5-4-16-35(2,19-23)18-21-6-10-22(31)11-7-21;3-2(4,5)1(6)7/h6-15,23,25H,3-5,16-19H2,1-2H3,(H3-,32,33,36,37,38,39);(H,6,7)/t23-,25+,35?;/m1./s1. The number of hydrogen-bond donors (Lipinski definition) is 3. The van der Waals surface area contributed by atoms with Crippen LogP contribution in [-0.4, -0.2) is 83.4 Å². The first kappa shape index (κ1) is 38.1. The van der Waals surface area contributed by atoms with Gasteiger partial charge in [0.1, 0.15) is 29.2 Å². The number of amides is 3. The van der Waals surface area contributed by atoms with Crippen molar-refractivity contribution in [3.63, 3.8) is 0 Å². The molecular formula is C32H36ClF3N4O7S. The number of phenolic OH excluding ortho intramolecular Hbond substituents is 1. The van der Waals surface area contributed by atoms with Crippen LogP contribution in [0.25, 0.3) is 0 Å². The van der Waals surface area contributed by atoms with Crippen molar-refractivity contribution in [2.75, 3.05) is 32.1 Å². The average molecular weight is 713 g/mol. The Morgan fingerprint density at radius 3 is 2.27 bits per heavy atom. The van der Waals surface area contributed by atoms with E-state index in [9.17, 15) is 32.7 Å². The van der Waals surface area contributed by atoms with Gasteiger partial charge in [0.05, 0.1) is 37.8 Å². The number of aromatic hydroxyl groups is 1. The third-order valence-corrected chi connectivity index (χ3v) is 8.80. The fraction of sp³-hybridized carbons (Fsp3) is 0.375. The van der Waals surface area contributed by atoms with Crippen LogP contribution in [0.4, 0.5) is 23.0 Å². The second-order valence-corrected chi connectivity index (χ2v) is 12.9. The number of nitrogens with zero attached hydrogens (tertiary/aromatic N) is 2. The number of hydrogen-bond acceptors (Lipinski definition) is 8. The number of quaternary nitrogens is 1. The molecule has 1 aromatic heterocycles. The zero-order chi connectivity index (χ0) is 35.6. The third kappa shape index (κ3) is 11.1.